The summed E-state index contributed by atoms with van der Waals surface area (Å²) < 4.78 is 4.79. The highest BCUT2D eigenvalue weighted by molar-refractivity contribution is 6.08. The van der Waals surface area contributed by atoms with Gasteiger partial charge in [-0.05, 0) is 77.9 Å². The van der Waals surface area contributed by atoms with Gasteiger partial charge in [0.15, 0.2) is 0 Å². The molecule has 6 nitrogen and oxygen atoms in total. The van der Waals surface area contributed by atoms with E-state index >= 15 is 0 Å². The molecule has 0 aliphatic heterocycles. The van der Waals surface area contributed by atoms with E-state index in [1.54, 1.807) is 0 Å². The van der Waals surface area contributed by atoms with Crippen LogP contribution in [0.1, 0.15) is 76.8 Å². The summed E-state index contributed by atoms with van der Waals surface area (Å²) in [5.74, 6) is 0. The van der Waals surface area contributed by atoms with Crippen molar-refractivity contribution in [2.75, 3.05) is 13.1 Å². The number of hydrogen-bond acceptors (Lipinski definition) is 4. The molecular weight excluding hydrogens is 516 g/mol. The highest BCUT2D eigenvalue weighted by Crippen LogP contribution is 2.32. The number of hydrogen-bond donors (Lipinski definition) is 2. The van der Waals surface area contributed by atoms with Crippen molar-refractivity contribution in [3.63, 3.8) is 0 Å². The van der Waals surface area contributed by atoms with Gasteiger partial charge in [0.2, 0.25) is 0 Å². The number of nitrogens with zero attached hydrogens (tertiary/aromatic N) is 4. The average molecular weight is 561 g/mol. The van der Waals surface area contributed by atoms with E-state index in [1.165, 1.54) is 69.3 Å². The summed E-state index contributed by atoms with van der Waals surface area (Å²) in [6.07, 6.45) is 8.96. The third-order valence-corrected chi connectivity index (χ3v) is 8.41. The second-order valence-corrected chi connectivity index (χ2v) is 12.1. The van der Waals surface area contributed by atoms with E-state index in [9.17, 15) is 0 Å². The van der Waals surface area contributed by atoms with Crippen LogP contribution in [-0.4, -0.2) is 32.2 Å². The Morgan fingerprint density at radius 1 is 0.548 bits per heavy atom. The van der Waals surface area contributed by atoms with Gasteiger partial charge in [0, 0.05) is 57.8 Å². The Balaban J connectivity index is 0.924. The van der Waals surface area contributed by atoms with Crippen molar-refractivity contribution in [3.05, 3.63) is 84.4 Å². The maximum absolute atomic E-state index is 4.78. The Bertz CT molecular complexity index is 1670. The van der Waals surface area contributed by atoms with Crippen molar-refractivity contribution >= 4 is 43.6 Å². The summed E-state index contributed by atoms with van der Waals surface area (Å²) in [4.78, 5) is 9.56. The summed E-state index contributed by atoms with van der Waals surface area (Å²) in [7, 11) is 0. The molecular formula is C36H44N6. The fourth-order valence-corrected chi connectivity index (χ4v) is 6.47. The molecule has 218 valence electrons. The van der Waals surface area contributed by atoms with Crippen molar-refractivity contribution in [1.29, 1.82) is 0 Å². The molecule has 42 heavy (non-hydrogen) atoms. The van der Waals surface area contributed by atoms with Crippen molar-refractivity contribution in [1.82, 2.24) is 29.7 Å². The van der Waals surface area contributed by atoms with E-state index in [4.69, 9.17) is 9.97 Å². The van der Waals surface area contributed by atoms with E-state index < -0.39 is 0 Å². The molecule has 0 bridgehead atoms. The first kappa shape index (κ1) is 28.4. The van der Waals surface area contributed by atoms with Crippen LogP contribution in [0.4, 0.5) is 0 Å². The Hall–Kier alpha value is -3.74. The van der Waals surface area contributed by atoms with Gasteiger partial charge in [-0.2, -0.15) is 0 Å². The molecule has 0 aliphatic carbocycles. The largest absolute Gasteiger partial charge is 0.337 e. The molecule has 0 saturated heterocycles. The number of nitrogens with one attached hydrogen (secondary N) is 2. The maximum Gasteiger partial charge on any atom is 0.0680 e. The molecule has 2 aromatic carbocycles. The lowest BCUT2D eigenvalue weighted by molar-refractivity contribution is 0.559. The van der Waals surface area contributed by atoms with Crippen LogP contribution in [0.25, 0.3) is 43.6 Å². The van der Waals surface area contributed by atoms with E-state index in [0.29, 0.717) is 12.1 Å². The second-order valence-electron chi connectivity index (χ2n) is 12.1. The summed E-state index contributed by atoms with van der Waals surface area (Å²) >= 11 is 0. The van der Waals surface area contributed by atoms with Gasteiger partial charge in [-0.3, -0.25) is 9.97 Å². The lowest BCUT2D eigenvalue weighted by atomic mass is 10.1. The normalized spacial score (nSPS) is 12.2. The maximum atomic E-state index is 4.78. The number of aromatic nitrogens is 4. The van der Waals surface area contributed by atoms with Crippen LogP contribution in [0.5, 0.6) is 0 Å². The monoisotopic (exact) mass is 560 g/mol. The predicted molar refractivity (Wildman–Crippen MR) is 177 cm³/mol. The van der Waals surface area contributed by atoms with Gasteiger partial charge >= 0.3 is 0 Å². The van der Waals surface area contributed by atoms with Gasteiger partial charge < -0.3 is 19.8 Å². The van der Waals surface area contributed by atoms with Crippen molar-refractivity contribution in [2.24, 2.45) is 0 Å². The Labute approximate surface area is 249 Å². The third-order valence-electron chi connectivity index (χ3n) is 8.41. The summed E-state index contributed by atoms with van der Waals surface area (Å²) in [6.45, 7) is 12.6. The molecule has 0 atom stereocenters. The molecule has 2 N–H and O–H groups in total. The summed E-state index contributed by atoms with van der Waals surface area (Å²) in [5.41, 5.74) is 7.24. The van der Waals surface area contributed by atoms with Crippen molar-refractivity contribution in [3.8, 4) is 0 Å². The van der Waals surface area contributed by atoms with Gasteiger partial charge in [-0.25, -0.2) is 0 Å². The number of unbranched alkanes of at least 4 members (excludes halogenated alkanes) is 3. The first-order valence-electron chi connectivity index (χ1n) is 15.7. The molecule has 0 radical (unpaired) electrons. The zero-order chi connectivity index (χ0) is 29.1. The number of rotatable bonds is 13. The molecule has 0 amide bonds. The van der Waals surface area contributed by atoms with Gasteiger partial charge in [0.05, 0.1) is 34.8 Å². The van der Waals surface area contributed by atoms with Crippen molar-refractivity contribution in [2.45, 2.75) is 78.6 Å². The molecule has 0 saturated carbocycles. The lowest BCUT2D eigenvalue weighted by Gasteiger charge is -2.11. The molecule has 0 aliphatic rings. The zero-order valence-electron chi connectivity index (χ0n) is 25.5. The number of benzene rings is 2. The molecule has 0 spiro atoms. The van der Waals surface area contributed by atoms with Crippen LogP contribution in [0.15, 0.2) is 73.1 Å². The molecule has 0 unspecified atom stereocenters. The first-order chi connectivity index (χ1) is 20.5. The average Bonchev–Trinajstić information content (AvgIpc) is 3.50. The number of fused-ring (bicyclic) bond motifs is 6. The lowest BCUT2D eigenvalue weighted by Crippen LogP contribution is -2.16. The number of para-hydroxylation sites is 2. The molecule has 4 aromatic heterocycles. The topological polar surface area (TPSA) is 59.7 Å². The van der Waals surface area contributed by atoms with Crippen LogP contribution < -0.4 is 10.6 Å². The number of pyridine rings is 2. The standard InChI is InChI=1S/C36H44N6/c1-25(2)41-33-15-9-7-13-29(33)31-19-27(39-23-35(31)41)21-37-17-11-5-6-12-18-38-22-28-20-32-30-14-8-10-16-34(30)42(26(3)4)36(32)24-40-28/h7-10,13-16,19-20,23-26,37-38H,5-6,11-12,17-18,21-22H2,1-4H3. The van der Waals surface area contributed by atoms with E-state index in [-0.39, 0.29) is 0 Å². The summed E-state index contributed by atoms with van der Waals surface area (Å²) in [5, 5.41) is 12.4. The van der Waals surface area contributed by atoms with Gasteiger partial charge in [0.25, 0.3) is 0 Å². The van der Waals surface area contributed by atoms with Gasteiger partial charge in [0.1, 0.15) is 0 Å². The molecule has 4 heterocycles. The van der Waals surface area contributed by atoms with Crippen LogP contribution in [-0.2, 0) is 13.1 Å². The van der Waals surface area contributed by atoms with Crippen molar-refractivity contribution < 1.29 is 0 Å². The minimum absolute atomic E-state index is 0.401. The first-order valence-corrected chi connectivity index (χ1v) is 15.7. The fraction of sp³-hybridized carbons (Fsp3) is 0.389. The van der Waals surface area contributed by atoms with Crippen LogP contribution >= 0.6 is 0 Å². The molecule has 6 heteroatoms. The van der Waals surface area contributed by atoms with Gasteiger partial charge in [-0.1, -0.05) is 49.2 Å². The quantitative estimate of drug-likeness (QED) is 0.140. The van der Waals surface area contributed by atoms with E-state index in [1.807, 2.05) is 0 Å². The molecule has 0 fully saturated rings. The van der Waals surface area contributed by atoms with Crippen LogP contribution in [0.3, 0.4) is 0 Å². The minimum atomic E-state index is 0.401. The summed E-state index contributed by atoms with van der Waals surface area (Å²) in [6, 6.07) is 22.7. The zero-order valence-corrected chi connectivity index (χ0v) is 25.5. The predicted octanol–water partition coefficient (Wildman–Crippen LogP) is 8.29. The SMILES string of the molecule is CC(C)n1c2ccccc2c2cc(CNCCCCCCNCc3cc4c5ccccc5n(C(C)C)c4cn3)ncc21. The third kappa shape index (κ3) is 5.66. The highest BCUT2D eigenvalue weighted by atomic mass is 15.0. The molecule has 6 aromatic rings. The second kappa shape index (κ2) is 12.6. The minimum Gasteiger partial charge on any atom is -0.337 e. The van der Waals surface area contributed by atoms with Crippen LogP contribution in [0, 0.1) is 0 Å². The van der Waals surface area contributed by atoms with E-state index in [0.717, 1.165) is 37.6 Å². The van der Waals surface area contributed by atoms with Gasteiger partial charge in [-0.15, -0.1) is 0 Å². The van der Waals surface area contributed by atoms with Crippen LogP contribution in [0.2, 0.25) is 0 Å². The fourth-order valence-electron chi connectivity index (χ4n) is 6.47. The Morgan fingerprint density at radius 2 is 0.976 bits per heavy atom. The Morgan fingerprint density at radius 3 is 1.40 bits per heavy atom. The molecule has 6 rings (SSSR count). The highest BCUT2D eigenvalue weighted by Gasteiger charge is 2.14. The van der Waals surface area contributed by atoms with E-state index in [2.05, 4.69) is 121 Å². The Kier molecular flexibility index (Phi) is 8.54. The smallest absolute Gasteiger partial charge is 0.0680 e.